The van der Waals surface area contributed by atoms with Gasteiger partial charge in [0.25, 0.3) is 5.69 Å². The van der Waals surface area contributed by atoms with E-state index in [2.05, 4.69) is 10.6 Å². The van der Waals surface area contributed by atoms with Gasteiger partial charge >= 0.3 is 0 Å². The molecule has 0 aromatic heterocycles. The van der Waals surface area contributed by atoms with Gasteiger partial charge in [0.05, 0.1) is 18.1 Å². The Bertz CT molecular complexity index is 829. The Morgan fingerprint density at radius 3 is 2.37 bits per heavy atom. The van der Waals surface area contributed by atoms with E-state index in [-0.39, 0.29) is 18.1 Å². The maximum atomic E-state index is 11.9. The summed E-state index contributed by atoms with van der Waals surface area (Å²) in [6.45, 7) is 2.26. The van der Waals surface area contributed by atoms with Crippen molar-refractivity contribution in [1.29, 1.82) is 0 Å². The van der Waals surface area contributed by atoms with Crippen LogP contribution in [0.4, 0.5) is 11.4 Å². The molecule has 0 radical (unpaired) electrons. The summed E-state index contributed by atoms with van der Waals surface area (Å²) >= 11 is 0. The van der Waals surface area contributed by atoms with E-state index in [1.807, 2.05) is 6.92 Å². The van der Waals surface area contributed by atoms with Crippen molar-refractivity contribution >= 4 is 29.3 Å². The molecule has 0 atom stereocenters. The average molecular weight is 369 g/mol. The Labute approximate surface area is 156 Å². The van der Waals surface area contributed by atoms with Gasteiger partial charge in [-0.3, -0.25) is 19.7 Å². The van der Waals surface area contributed by atoms with E-state index in [0.717, 1.165) is 0 Å². The van der Waals surface area contributed by atoms with E-state index >= 15 is 0 Å². The van der Waals surface area contributed by atoms with Crippen molar-refractivity contribution in [2.24, 2.45) is 0 Å². The molecule has 2 aromatic rings. The van der Waals surface area contributed by atoms with Gasteiger partial charge in [0.2, 0.25) is 11.8 Å². The van der Waals surface area contributed by atoms with Crippen LogP contribution in [0.15, 0.2) is 54.6 Å². The molecule has 2 rings (SSSR count). The number of ether oxygens (including phenoxy) is 1. The number of rotatable bonds is 8. The second-order valence-corrected chi connectivity index (χ2v) is 5.41. The van der Waals surface area contributed by atoms with Crippen molar-refractivity contribution in [3.05, 3.63) is 70.3 Å². The van der Waals surface area contributed by atoms with E-state index < -0.39 is 10.8 Å². The Kier molecular flexibility index (Phi) is 7.07. The van der Waals surface area contributed by atoms with Crippen molar-refractivity contribution in [2.45, 2.75) is 6.92 Å². The first kappa shape index (κ1) is 19.6. The van der Waals surface area contributed by atoms with Gasteiger partial charge < -0.3 is 15.4 Å². The fraction of sp³-hybridized carbons (Fsp3) is 0.158. The summed E-state index contributed by atoms with van der Waals surface area (Å²) in [5.41, 5.74) is 1.20. The molecule has 2 amide bonds. The maximum absolute atomic E-state index is 11.9. The highest BCUT2D eigenvalue weighted by atomic mass is 16.6. The Morgan fingerprint density at radius 1 is 1.11 bits per heavy atom. The number of non-ortho nitro benzene ring substituents is 1. The molecule has 0 heterocycles. The summed E-state index contributed by atoms with van der Waals surface area (Å²) in [7, 11) is 0. The Balaban J connectivity index is 1.78. The van der Waals surface area contributed by atoms with Crippen LogP contribution in [-0.2, 0) is 9.59 Å². The van der Waals surface area contributed by atoms with Gasteiger partial charge in [-0.25, -0.2) is 0 Å². The lowest BCUT2D eigenvalue weighted by atomic mass is 10.2. The van der Waals surface area contributed by atoms with Gasteiger partial charge in [-0.15, -0.1) is 0 Å². The number of carbonyl (C=O) groups is 2. The molecule has 140 valence electrons. The van der Waals surface area contributed by atoms with E-state index in [0.29, 0.717) is 23.6 Å². The third-order valence-corrected chi connectivity index (χ3v) is 3.40. The summed E-state index contributed by atoms with van der Waals surface area (Å²) in [5.74, 6) is -0.105. The molecule has 27 heavy (non-hydrogen) atoms. The number of hydrogen-bond donors (Lipinski definition) is 2. The molecule has 0 fully saturated rings. The zero-order chi connectivity index (χ0) is 19.6. The molecule has 8 heteroatoms. The first-order chi connectivity index (χ1) is 13.0. The standard InChI is InChI=1S/C19H19N3O5/c1-2-27-17-10-6-15(7-11-17)21-19(24)13-20-18(23)12-5-14-3-8-16(9-4-14)22(25)26/h3-12H,2,13H2,1H3,(H,20,23)(H,21,24)/b12-5+. The second kappa shape index (κ2) is 9.71. The van der Waals surface area contributed by atoms with Gasteiger partial charge in [0.1, 0.15) is 5.75 Å². The van der Waals surface area contributed by atoms with Crippen LogP contribution in [0.5, 0.6) is 5.75 Å². The van der Waals surface area contributed by atoms with Crippen molar-refractivity contribution in [3.8, 4) is 5.75 Å². The van der Waals surface area contributed by atoms with Crippen LogP contribution in [0.2, 0.25) is 0 Å². The normalized spacial score (nSPS) is 10.4. The van der Waals surface area contributed by atoms with Crippen LogP contribution in [-0.4, -0.2) is 29.9 Å². The van der Waals surface area contributed by atoms with Crippen molar-refractivity contribution < 1.29 is 19.2 Å². The molecule has 0 bridgehead atoms. The number of hydrogen-bond acceptors (Lipinski definition) is 5. The first-order valence-corrected chi connectivity index (χ1v) is 8.21. The quantitative estimate of drug-likeness (QED) is 0.422. The lowest BCUT2D eigenvalue weighted by Gasteiger charge is -2.07. The molecule has 2 N–H and O–H groups in total. The molecule has 8 nitrogen and oxygen atoms in total. The average Bonchev–Trinajstić information content (AvgIpc) is 2.67. The first-order valence-electron chi connectivity index (χ1n) is 8.21. The van der Waals surface area contributed by atoms with Crippen LogP contribution in [0.25, 0.3) is 6.08 Å². The highest BCUT2D eigenvalue weighted by molar-refractivity contribution is 5.98. The lowest BCUT2D eigenvalue weighted by molar-refractivity contribution is -0.384. The summed E-state index contributed by atoms with van der Waals surface area (Å²) < 4.78 is 5.32. The minimum Gasteiger partial charge on any atom is -0.494 e. The molecule has 0 aliphatic rings. The number of nitro groups is 1. The Morgan fingerprint density at radius 2 is 1.78 bits per heavy atom. The van der Waals surface area contributed by atoms with E-state index in [4.69, 9.17) is 4.74 Å². The van der Waals surface area contributed by atoms with Crippen molar-refractivity contribution in [1.82, 2.24) is 5.32 Å². The van der Waals surface area contributed by atoms with Crippen molar-refractivity contribution in [2.75, 3.05) is 18.5 Å². The maximum Gasteiger partial charge on any atom is 0.269 e. The predicted molar refractivity (Wildman–Crippen MR) is 101 cm³/mol. The molecule has 0 aliphatic heterocycles. The second-order valence-electron chi connectivity index (χ2n) is 5.41. The number of carbonyl (C=O) groups excluding carboxylic acids is 2. The summed E-state index contributed by atoms with van der Waals surface area (Å²) in [6, 6.07) is 12.7. The van der Waals surface area contributed by atoms with Crippen molar-refractivity contribution in [3.63, 3.8) is 0 Å². The number of nitrogens with one attached hydrogen (secondary N) is 2. The summed E-state index contributed by atoms with van der Waals surface area (Å²) in [5, 5.41) is 15.7. The zero-order valence-corrected chi connectivity index (χ0v) is 14.7. The molecule has 0 unspecified atom stereocenters. The number of benzene rings is 2. The monoisotopic (exact) mass is 369 g/mol. The number of anilines is 1. The van der Waals surface area contributed by atoms with Gasteiger partial charge in [-0.05, 0) is 55.0 Å². The van der Waals surface area contributed by atoms with Gasteiger partial charge in [0.15, 0.2) is 0 Å². The summed E-state index contributed by atoms with van der Waals surface area (Å²) in [4.78, 5) is 33.7. The lowest BCUT2D eigenvalue weighted by Crippen LogP contribution is -2.31. The number of nitro benzene ring substituents is 1. The molecule has 0 saturated carbocycles. The van der Waals surface area contributed by atoms with Gasteiger partial charge in [0, 0.05) is 23.9 Å². The van der Waals surface area contributed by atoms with Crippen LogP contribution < -0.4 is 15.4 Å². The van der Waals surface area contributed by atoms with Crippen LogP contribution in [0.3, 0.4) is 0 Å². The van der Waals surface area contributed by atoms with Crippen LogP contribution in [0.1, 0.15) is 12.5 Å². The molecule has 0 aliphatic carbocycles. The van der Waals surface area contributed by atoms with Gasteiger partial charge in [-0.2, -0.15) is 0 Å². The minimum absolute atomic E-state index is 0.0254. The molecule has 0 spiro atoms. The summed E-state index contributed by atoms with van der Waals surface area (Å²) in [6.07, 6.45) is 2.76. The fourth-order valence-electron chi connectivity index (χ4n) is 2.11. The minimum atomic E-state index is -0.497. The van der Waals surface area contributed by atoms with E-state index in [9.17, 15) is 19.7 Å². The van der Waals surface area contributed by atoms with E-state index in [1.54, 1.807) is 24.3 Å². The fourth-order valence-corrected chi connectivity index (χ4v) is 2.11. The third kappa shape index (κ3) is 6.62. The zero-order valence-electron chi connectivity index (χ0n) is 14.7. The largest absolute Gasteiger partial charge is 0.494 e. The highest BCUT2D eigenvalue weighted by Gasteiger charge is 2.05. The SMILES string of the molecule is CCOc1ccc(NC(=O)CNC(=O)/C=C/c2ccc([N+](=O)[O-])cc2)cc1. The molecular weight excluding hydrogens is 350 g/mol. The molecule has 0 saturated heterocycles. The number of amides is 2. The van der Waals surface area contributed by atoms with E-state index in [1.165, 1.54) is 36.4 Å². The third-order valence-electron chi connectivity index (χ3n) is 3.40. The van der Waals surface area contributed by atoms with Crippen LogP contribution in [0, 0.1) is 10.1 Å². The number of nitrogens with zero attached hydrogens (tertiary/aromatic N) is 1. The Hall–Kier alpha value is -3.68. The smallest absolute Gasteiger partial charge is 0.269 e. The highest BCUT2D eigenvalue weighted by Crippen LogP contribution is 2.15. The molecule has 2 aromatic carbocycles. The van der Waals surface area contributed by atoms with Gasteiger partial charge in [-0.1, -0.05) is 0 Å². The molecular formula is C19H19N3O5. The van der Waals surface area contributed by atoms with Crippen LogP contribution >= 0.6 is 0 Å². The topological polar surface area (TPSA) is 111 Å². The predicted octanol–water partition coefficient (Wildman–Crippen LogP) is 2.76.